The van der Waals surface area contributed by atoms with Crippen LogP contribution in [0.1, 0.15) is 0 Å². The lowest BCUT2D eigenvalue weighted by atomic mass is 10.2. The van der Waals surface area contributed by atoms with Crippen molar-refractivity contribution in [1.82, 2.24) is 9.88 Å². The Morgan fingerprint density at radius 1 is 1.23 bits per heavy atom. The monoisotopic (exact) mass is 376 g/mol. The van der Waals surface area contributed by atoms with Crippen LogP contribution in [0.25, 0.3) is 11.3 Å². The summed E-state index contributed by atoms with van der Waals surface area (Å²) >= 11 is 5.14. The molecule has 1 aliphatic heterocycles. The lowest BCUT2D eigenvalue weighted by molar-refractivity contribution is 0.385. The molecule has 3 rings (SSSR count). The summed E-state index contributed by atoms with van der Waals surface area (Å²) in [6.07, 6.45) is 1.60. The number of hydrogen-bond acceptors (Lipinski definition) is 4. The van der Waals surface area contributed by atoms with E-state index in [-0.39, 0.29) is 0 Å². The first-order valence-electron chi connectivity index (χ1n) is 7.10. The van der Waals surface area contributed by atoms with Crippen LogP contribution < -0.4 is 4.90 Å². The number of amidine groups is 1. The van der Waals surface area contributed by atoms with Crippen molar-refractivity contribution in [2.45, 2.75) is 0 Å². The van der Waals surface area contributed by atoms with Crippen molar-refractivity contribution in [1.29, 1.82) is 5.41 Å². The Hall–Kier alpha value is -1.66. The normalized spacial score (nSPS) is 15.0. The molecule has 114 valence electrons. The summed E-state index contributed by atoms with van der Waals surface area (Å²) in [4.78, 5) is 9.10. The van der Waals surface area contributed by atoms with E-state index < -0.39 is 0 Å². The first-order chi connectivity index (χ1) is 10.7. The first-order valence-corrected chi connectivity index (χ1v) is 8.77. The van der Waals surface area contributed by atoms with Gasteiger partial charge in [0.15, 0.2) is 5.13 Å². The molecule has 1 saturated heterocycles. The fourth-order valence-corrected chi connectivity index (χ4v) is 3.58. The van der Waals surface area contributed by atoms with Gasteiger partial charge in [0.05, 0.1) is 5.69 Å². The van der Waals surface area contributed by atoms with E-state index >= 15 is 0 Å². The predicted octanol–water partition coefficient (Wildman–Crippen LogP) is 3.86. The molecule has 4 nitrogen and oxygen atoms in total. The minimum absolute atomic E-state index is 0.509. The highest BCUT2D eigenvalue weighted by Crippen LogP contribution is 2.28. The molecular weight excluding hydrogens is 360 g/mol. The van der Waals surface area contributed by atoms with Crippen molar-refractivity contribution in [2.24, 2.45) is 0 Å². The van der Waals surface area contributed by atoms with Gasteiger partial charge in [-0.1, -0.05) is 34.6 Å². The van der Waals surface area contributed by atoms with E-state index in [1.807, 2.05) is 17.0 Å². The molecule has 0 saturated carbocycles. The average molecular weight is 377 g/mol. The maximum Gasteiger partial charge on any atom is 0.185 e. The number of nitrogens with one attached hydrogen (secondary N) is 1. The van der Waals surface area contributed by atoms with Crippen molar-refractivity contribution < 1.29 is 0 Å². The molecule has 0 radical (unpaired) electrons. The molecule has 2 aromatic rings. The Labute approximate surface area is 142 Å². The second-order valence-electron chi connectivity index (χ2n) is 5.09. The molecule has 0 amide bonds. The van der Waals surface area contributed by atoms with Gasteiger partial charge in [0.1, 0.15) is 5.84 Å². The molecule has 22 heavy (non-hydrogen) atoms. The average Bonchev–Trinajstić information content (AvgIpc) is 3.05. The molecule has 1 fully saturated rings. The Morgan fingerprint density at radius 3 is 2.55 bits per heavy atom. The van der Waals surface area contributed by atoms with E-state index in [2.05, 4.69) is 44.9 Å². The smallest absolute Gasteiger partial charge is 0.185 e. The highest BCUT2D eigenvalue weighted by molar-refractivity contribution is 9.10. The minimum Gasteiger partial charge on any atom is -0.354 e. The highest BCUT2D eigenvalue weighted by atomic mass is 79.9. The predicted molar refractivity (Wildman–Crippen MR) is 97.0 cm³/mol. The van der Waals surface area contributed by atoms with E-state index in [0.29, 0.717) is 5.84 Å². The van der Waals surface area contributed by atoms with E-state index in [1.165, 1.54) is 0 Å². The first kappa shape index (κ1) is 15.2. The van der Waals surface area contributed by atoms with Crippen LogP contribution in [0.2, 0.25) is 0 Å². The minimum atomic E-state index is 0.509. The summed E-state index contributed by atoms with van der Waals surface area (Å²) in [6, 6.07) is 8.22. The molecule has 2 heterocycles. The van der Waals surface area contributed by atoms with Gasteiger partial charge in [-0.25, -0.2) is 4.98 Å². The van der Waals surface area contributed by atoms with Crippen LogP contribution in [0.3, 0.4) is 0 Å². The molecule has 0 bridgehead atoms. The summed E-state index contributed by atoms with van der Waals surface area (Å²) in [5, 5.41) is 11.0. The third-order valence-corrected chi connectivity index (χ3v) is 5.15. The number of nitrogens with zero attached hydrogens (tertiary/aromatic N) is 3. The largest absolute Gasteiger partial charge is 0.354 e. The summed E-state index contributed by atoms with van der Waals surface area (Å²) in [6.45, 7) is 7.14. The van der Waals surface area contributed by atoms with Crippen molar-refractivity contribution >= 4 is 38.2 Å². The van der Waals surface area contributed by atoms with Crippen molar-refractivity contribution in [2.75, 3.05) is 31.1 Å². The maximum absolute atomic E-state index is 7.81. The van der Waals surface area contributed by atoms with E-state index in [0.717, 1.165) is 47.0 Å². The number of benzene rings is 1. The van der Waals surface area contributed by atoms with Crippen LogP contribution in [-0.2, 0) is 0 Å². The topological polar surface area (TPSA) is 43.2 Å². The molecular formula is C16H17BrN4S. The van der Waals surface area contributed by atoms with Gasteiger partial charge in [-0.05, 0) is 18.2 Å². The van der Waals surface area contributed by atoms with Gasteiger partial charge >= 0.3 is 0 Å². The Balaban J connectivity index is 1.68. The van der Waals surface area contributed by atoms with Crippen LogP contribution in [-0.4, -0.2) is 41.9 Å². The van der Waals surface area contributed by atoms with Crippen LogP contribution in [0.15, 0.2) is 46.8 Å². The highest BCUT2D eigenvalue weighted by Gasteiger charge is 2.20. The zero-order chi connectivity index (χ0) is 15.5. The Morgan fingerprint density at radius 2 is 1.91 bits per heavy atom. The van der Waals surface area contributed by atoms with Crippen molar-refractivity contribution in [3.63, 3.8) is 0 Å². The van der Waals surface area contributed by atoms with Crippen LogP contribution in [0.4, 0.5) is 5.13 Å². The van der Waals surface area contributed by atoms with Crippen LogP contribution >= 0.6 is 27.3 Å². The molecule has 1 aromatic carbocycles. The van der Waals surface area contributed by atoms with Gasteiger partial charge in [-0.15, -0.1) is 11.3 Å². The van der Waals surface area contributed by atoms with E-state index in [9.17, 15) is 0 Å². The molecule has 1 aromatic heterocycles. The van der Waals surface area contributed by atoms with Gasteiger partial charge in [0, 0.05) is 41.6 Å². The summed E-state index contributed by atoms with van der Waals surface area (Å²) < 4.78 is 1.08. The van der Waals surface area contributed by atoms with Gasteiger partial charge in [0.25, 0.3) is 0 Å². The third-order valence-electron chi connectivity index (χ3n) is 3.72. The maximum atomic E-state index is 7.81. The number of aromatic nitrogens is 1. The van der Waals surface area contributed by atoms with E-state index in [1.54, 1.807) is 17.4 Å². The molecule has 0 spiro atoms. The number of rotatable bonds is 3. The standard InChI is InChI=1S/C16H17BrN4S/c1-2-15(18)20-7-9-21(10-8-20)16-19-14(11-22-16)12-3-5-13(17)6-4-12/h2-6,11,18H,1,7-10H2. The second kappa shape index (κ2) is 6.62. The van der Waals surface area contributed by atoms with E-state index in [4.69, 9.17) is 10.4 Å². The number of thiazole rings is 1. The number of piperazine rings is 1. The lowest BCUT2D eigenvalue weighted by Crippen LogP contribution is -2.48. The quantitative estimate of drug-likeness (QED) is 0.653. The zero-order valence-electron chi connectivity index (χ0n) is 12.1. The van der Waals surface area contributed by atoms with Gasteiger partial charge in [-0.3, -0.25) is 5.41 Å². The van der Waals surface area contributed by atoms with Crippen molar-refractivity contribution in [3.8, 4) is 11.3 Å². The molecule has 0 atom stereocenters. The zero-order valence-corrected chi connectivity index (χ0v) is 14.5. The summed E-state index contributed by atoms with van der Waals surface area (Å²) in [7, 11) is 0. The fraction of sp³-hybridized carbons (Fsp3) is 0.250. The Kier molecular flexibility index (Phi) is 4.59. The van der Waals surface area contributed by atoms with Gasteiger partial charge in [0.2, 0.25) is 0 Å². The molecule has 0 aliphatic carbocycles. The van der Waals surface area contributed by atoms with Crippen LogP contribution in [0.5, 0.6) is 0 Å². The Bertz CT molecular complexity index is 672. The number of hydrogen-bond donors (Lipinski definition) is 1. The third kappa shape index (κ3) is 3.23. The SMILES string of the molecule is C=CC(=N)N1CCN(c2nc(-c3ccc(Br)cc3)cs2)CC1. The van der Waals surface area contributed by atoms with Crippen LogP contribution in [0, 0.1) is 5.41 Å². The van der Waals surface area contributed by atoms with Crippen molar-refractivity contribution in [3.05, 3.63) is 46.8 Å². The lowest BCUT2D eigenvalue weighted by Gasteiger charge is -2.35. The van der Waals surface area contributed by atoms with Gasteiger partial charge < -0.3 is 9.80 Å². The molecule has 0 unspecified atom stereocenters. The number of halogens is 1. The number of anilines is 1. The second-order valence-corrected chi connectivity index (χ2v) is 6.84. The molecule has 1 N–H and O–H groups in total. The summed E-state index contributed by atoms with van der Waals surface area (Å²) in [5.41, 5.74) is 2.16. The molecule has 6 heteroatoms. The fourth-order valence-electron chi connectivity index (χ4n) is 2.43. The van der Waals surface area contributed by atoms with Gasteiger partial charge in [-0.2, -0.15) is 0 Å². The molecule has 1 aliphatic rings. The summed E-state index contributed by atoms with van der Waals surface area (Å²) in [5.74, 6) is 0.509.